The van der Waals surface area contributed by atoms with E-state index in [0.717, 1.165) is 15.8 Å². The smallest absolute Gasteiger partial charge is 0.420 e. The molecule has 9 rings (SSSR count). The quantitative estimate of drug-likeness (QED) is 0.0299. The zero-order chi connectivity index (χ0) is 84.4. The maximum atomic E-state index is 14.7. The third kappa shape index (κ3) is 21.8. The number of pyridine rings is 1. The molecule has 0 unspecified atom stereocenters. The summed E-state index contributed by atoms with van der Waals surface area (Å²) in [5.74, 6) is -10.2. The van der Waals surface area contributed by atoms with E-state index in [1.165, 1.54) is 52.9 Å². The highest BCUT2D eigenvalue weighted by Crippen LogP contribution is 2.45. The number of rotatable bonds is 19. The van der Waals surface area contributed by atoms with E-state index in [4.69, 9.17) is 63.7 Å². The van der Waals surface area contributed by atoms with Crippen molar-refractivity contribution in [2.75, 3.05) is 49.0 Å². The number of carbonyl (C=O) groups is 9. The van der Waals surface area contributed by atoms with Gasteiger partial charge in [0.15, 0.2) is 47.2 Å². The number of aromatic nitrogens is 5. The van der Waals surface area contributed by atoms with Gasteiger partial charge in [0.25, 0.3) is 0 Å². The minimum Gasteiger partial charge on any atom is -0.458 e. The first-order chi connectivity index (χ1) is 53.6. The van der Waals surface area contributed by atoms with Gasteiger partial charge in [-0.3, -0.25) is 28.8 Å². The lowest BCUT2D eigenvalue weighted by Crippen LogP contribution is -2.60. The fraction of sp³-hybridized carbons (Fsp3) is 0.671. The van der Waals surface area contributed by atoms with Gasteiger partial charge >= 0.3 is 30.1 Å². The molecule has 4 aromatic rings. The Balaban J connectivity index is 0.000000316. The zero-order valence-electron chi connectivity index (χ0n) is 70.3. The Morgan fingerprint density at radius 1 is 0.678 bits per heavy atom. The van der Waals surface area contributed by atoms with Crippen LogP contribution < -0.4 is 0 Å². The number of hydrogen-bond donors (Lipinski definition) is 1. The average Bonchev–Trinajstić information content (AvgIpc) is 1.62. The number of halogens is 1. The Labute approximate surface area is 682 Å². The SMILES string of the molecule is C.CC[C@H]1OC(=O)[C@H](C)C(=O)[C@H](C)[C@@H](O[C@@H]2O[C@H](C)C[C@H](N(C)C)[C@H]2O)[C@@](C)(OC)C[C@@H](C)C(=O)[C@H](C)[C@H]2N(CCCCn3cnc(-c4ccc(Cl)nc4)c3)C(=O)O[C@]12C.CC[C@H]1OC(=O)[C@H](C)C(=O)[C@H](C)[C@@H](O[C@@H]2O[C@H](C)C[C@H](N(C)C)[C@H]2OC(=O)c2ccccc2)[C@@](C)(OC)C[C@@H](C)C(=O)/C(C)=C/[C@]1(C)OC(=O)n1ccnc1. The fourth-order valence-electron chi connectivity index (χ4n) is 17.1. The number of ether oxygens (including phenoxy) is 11. The Morgan fingerprint density at radius 3 is 1.77 bits per heavy atom. The van der Waals surface area contributed by atoms with Crippen LogP contribution in [0.4, 0.5) is 9.59 Å². The molecule has 1 aromatic carbocycles. The Morgan fingerprint density at radius 2 is 1.23 bits per heavy atom. The number of aliphatic hydroxyl groups excluding tert-OH is 1. The molecule has 4 saturated heterocycles. The van der Waals surface area contributed by atoms with Crippen molar-refractivity contribution in [1.29, 1.82) is 0 Å². The molecule has 3 aromatic heterocycles. The molecule has 115 heavy (non-hydrogen) atoms. The second-order valence-electron chi connectivity index (χ2n) is 32.9. The highest BCUT2D eigenvalue weighted by Gasteiger charge is 2.61. The molecule has 0 aliphatic carbocycles. The third-order valence-electron chi connectivity index (χ3n) is 23.8. The minimum atomic E-state index is -1.61. The number of ketones is 4. The van der Waals surface area contributed by atoms with Gasteiger partial charge in [-0.2, -0.15) is 0 Å². The van der Waals surface area contributed by atoms with Crippen molar-refractivity contribution in [1.82, 2.24) is 38.8 Å². The first-order valence-corrected chi connectivity index (χ1v) is 40.1. The van der Waals surface area contributed by atoms with Crippen molar-refractivity contribution in [2.24, 2.45) is 41.4 Å². The summed E-state index contributed by atoms with van der Waals surface area (Å²) in [6.45, 7) is 28.2. The van der Waals surface area contributed by atoms with E-state index in [2.05, 4.69) is 15.0 Å². The standard InChI is InChI=1S/C43H64ClN5O10.C41H57N3O11.CH4/c1-12-32-43(8)37(49(41(54)59-43)18-14-13-17-48-22-30(46-23-48)29-15-16-33(44)45-21-29)26(4)34(50)24(2)20-42(7,55-11)38(27(5)35(51)28(6)39(53)57-32)58-40-36(52)31(47(9)10)19-25(3)56-40;1-12-31-40(7,55-39(49)44-19-18-42-23-44)21-24(2)32(45)25(3)22-41(8,50-11)35(27(5)33(46)28(6)36(47)52-31)54-38-34(30(43(9)10)20-26(4)51-38)53-37(48)29-16-14-13-15-17-29;/h15-16,21-28,31-32,36-38,40,52H,12-14,17-20H2,1-11H3;13-19,21,23,25-28,30-31,34-35,38H,12,20,22H2,1-11H3;1H4/b;24-21+;/t24-,25-,26+,27+,28-,31+,32-,36-,37-,38-,40+,42+,43-;25-,26-,27+,28-,30+,31-,34-,35-,38+,40+,41+;/m11./s1. The third-order valence-corrected chi connectivity index (χ3v) is 24.0. The highest BCUT2D eigenvalue weighted by atomic mass is 35.5. The van der Waals surface area contributed by atoms with E-state index in [-0.39, 0.29) is 81.1 Å². The summed E-state index contributed by atoms with van der Waals surface area (Å²) in [5, 5.41) is 11.8. The molecule has 0 bridgehead atoms. The Kier molecular flexibility index (Phi) is 33.0. The number of unbranched alkanes of at least 4 members (excludes halogenated alkanes) is 1. The predicted molar refractivity (Wildman–Crippen MR) is 427 cm³/mol. The maximum absolute atomic E-state index is 14.7. The van der Waals surface area contributed by atoms with Crippen molar-refractivity contribution in [3.63, 3.8) is 0 Å². The number of esters is 3. The summed E-state index contributed by atoms with van der Waals surface area (Å²) in [5.41, 5.74) is -3.41. The number of cyclic esters (lactones) is 2. The number of aryl methyl sites for hydroxylation is 1. The molecule has 24 atom stereocenters. The van der Waals surface area contributed by atoms with Crippen molar-refractivity contribution in [2.45, 2.75) is 278 Å². The number of nitrogens with zero attached hydrogens (tertiary/aromatic N) is 8. The van der Waals surface area contributed by atoms with E-state index in [1.54, 1.807) is 130 Å². The summed E-state index contributed by atoms with van der Waals surface area (Å²) in [6.07, 6.45) is 3.45. The van der Waals surface area contributed by atoms with Crippen molar-refractivity contribution in [3.8, 4) is 11.3 Å². The average molecular weight is 1630 g/mol. The van der Waals surface area contributed by atoms with Crippen LogP contribution >= 0.6 is 11.6 Å². The van der Waals surface area contributed by atoms with Gasteiger partial charge in [0.1, 0.15) is 47.4 Å². The lowest BCUT2D eigenvalue weighted by Gasteiger charge is -2.47. The van der Waals surface area contributed by atoms with Gasteiger partial charge in [0.05, 0.1) is 65.3 Å². The molecule has 0 saturated carbocycles. The van der Waals surface area contributed by atoms with E-state index in [0.29, 0.717) is 42.9 Å². The van der Waals surface area contributed by atoms with Gasteiger partial charge in [-0.05, 0) is 178 Å². The normalized spacial score (nSPS) is 35.3. The van der Waals surface area contributed by atoms with Gasteiger partial charge in [-0.25, -0.2) is 33.9 Å². The summed E-state index contributed by atoms with van der Waals surface area (Å²) < 4.78 is 71.7. The van der Waals surface area contributed by atoms with Crippen LogP contribution in [0.2, 0.25) is 5.15 Å². The van der Waals surface area contributed by atoms with Crippen molar-refractivity contribution in [3.05, 3.63) is 102 Å². The first kappa shape index (κ1) is 94.4. The largest absolute Gasteiger partial charge is 0.458 e. The monoisotopic (exact) mass is 1630 g/mol. The number of fused-ring (bicyclic) bond motifs is 1. The molecule has 1 amide bonds. The van der Waals surface area contributed by atoms with Gasteiger partial charge in [-0.15, -0.1) is 0 Å². The van der Waals surface area contributed by atoms with Gasteiger partial charge in [0.2, 0.25) is 0 Å². The fourth-order valence-corrected chi connectivity index (χ4v) is 17.2. The molecule has 29 nitrogen and oxygen atoms in total. The topological polar surface area (TPSA) is 334 Å². The molecule has 8 heterocycles. The molecular formula is C85H125ClN8O21. The molecule has 0 radical (unpaired) electrons. The number of Topliss-reactive ketones (excluding diaryl/α,β-unsaturated/α-hetero) is 4. The van der Waals surface area contributed by atoms with Crippen molar-refractivity contribution < 1.29 is 100 Å². The maximum Gasteiger partial charge on any atom is 0.420 e. The van der Waals surface area contributed by atoms with E-state index >= 15 is 0 Å². The summed E-state index contributed by atoms with van der Waals surface area (Å²) in [7, 11) is 10.4. The number of allylic oxidation sites excluding steroid dienone is 1. The van der Waals surface area contributed by atoms with E-state index in [9.17, 15) is 48.3 Å². The lowest BCUT2D eigenvalue weighted by molar-refractivity contribution is -0.295. The lowest BCUT2D eigenvalue weighted by atomic mass is 9.73. The molecule has 30 heteroatoms. The molecule has 5 aliphatic heterocycles. The van der Waals surface area contributed by atoms with E-state index < -0.39 is 161 Å². The van der Waals surface area contributed by atoms with Crippen LogP contribution in [0, 0.1) is 41.4 Å². The van der Waals surface area contributed by atoms with Crippen LogP contribution in [-0.2, 0) is 87.4 Å². The summed E-state index contributed by atoms with van der Waals surface area (Å²) in [6, 6.07) is 10.7. The number of likely N-dealkylation sites (N-methyl/N-ethyl adjacent to an activating group) is 2. The number of benzene rings is 1. The summed E-state index contributed by atoms with van der Waals surface area (Å²) in [4.78, 5) is 144. The molecule has 0 spiro atoms. The number of aliphatic hydroxyl groups is 1. The van der Waals surface area contributed by atoms with Crippen LogP contribution in [0.5, 0.6) is 0 Å². The number of hydrogen-bond acceptors (Lipinski definition) is 26. The molecule has 4 fully saturated rings. The highest BCUT2D eigenvalue weighted by molar-refractivity contribution is 6.29. The van der Waals surface area contributed by atoms with Crippen LogP contribution in [0.1, 0.15) is 180 Å². The molecule has 1 N–H and O–H groups in total. The van der Waals surface area contributed by atoms with Crippen LogP contribution in [0.3, 0.4) is 0 Å². The van der Waals surface area contributed by atoms with Gasteiger partial charge in [-0.1, -0.05) is 85.7 Å². The zero-order valence-corrected chi connectivity index (χ0v) is 71.0. The van der Waals surface area contributed by atoms with Gasteiger partial charge < -0.3 is 76.5 Å². The number of amides is 1. The number of methoxy groups -OCH3 is 2. The van der Waals surface area contributed by atoms with Crippen molar-refractivity contribution >= 4 is 64.8 Å². The van der Waals surface area contributed by atoms with Crippen LogP contribution in [0.15, 0.2) is 91.6 Å². The van der Waals surface area contributed by atoms with Crippen LogP contribution in [0.25, 0.3) is 11.3 Å². The first-order valence-electron chi connectivity index (χ1n) is 39.7. The van der Waals surface area contributed by atoms with E-state index in [1.807, 2.05) is 75.6 Å². The molecular weight excluding hydrogens is 1500 g/mol. The number of carbonyl (C=O) groups excluding carboxylic acids is 9. The Bertz CT molecular complexity index is 3990. The summed E-state index contributed by atoms with van der Waals surface area (Å²) >= 11 is 5.95. The minimum absolute atomic E-state index is 0. The predicted octanol–water partition coefficient (Wildman–Crippen LogP) is 11.6. The second kappa shape index (κ2) is 40.2. The number of imidazole rings is 2. The second-order valence-corrected chi connectivity index (χ2v) is 33.3. The Hall–Kier alpha value is -7.71. The van der Waals surface area contributed by atoms with Gasteiger partial charge in [0, 0.05) is 93.3 Å². The molecule has 5 aliphatic rings. The van der Waals surface area contributed by atoms with Crippen LogP contribution in [-0.4, -0.2) is 248 Å². The molecule has 638 valence electrons.